The van der Waals surface area contributed by atoms with E-state index in [9.17, 15) is 14.4 Å². The van der Waals surface area contributed by atoms with Crippen LogP contribution in [0, 0.1) is 20.8 Å². The number of ketones is 2. The lowest BCUT2D eigenvalue weighted by molar-refractivity contribution is 0.0472. The molecule has 1 aromatic carbocycles. The summed E-state index contributed by atoms with van der Waals surface area (Å²) in [5.41, 5.74) is 3.10. The number of carbonyl (C=O) groups excluding carboxylic acids is 3. The Morgan fingerprint density at radius 3 is 2.39 bits per heavy atom. The Morgan fingerprint density at radius 1 is 1.10 bits per heavy atom. The molecular formula is C22H21Cl2N3O4. The fraction of sp³-hybridized carbons (Fsp3) is 0.273. The molecule has 0 fully saturated rings. The van der Waals surface area contributed by atoms with Crippen LogP contribution in [0.3, 0.4) is 0 Å². The van der Waals surface area contributed by atoms with Crippen LogP contribution in [0.4, 0.5) is 0 Å². The zero-order valence-electron chi connectivity index (χ0n) is 17.5. The normalized spacial score (nSPS) is 10.9. The maximum atomic E-state index is 12.6. The van der Waals surface area contributed by atoms with Gasteiger partial charge in [-0.15, -0.1) is 0 Å². The second kappa shape index (κ2) is 9.08. The first-order chi connectivity index (χ1) is 14.6. The van der Waals surface area contributed by atoms with Crippen LogP contribution in [0.5, 0.6) is 0 Å². The molecule has 162 valence electrons. The third-order valence-electron chi connectivity index (χ3n) is 4.95. The van der Waals surface area contributed by atoms with E-state index in [0.717, 1.165) is 5.56 Å². The van der Waals surface area contributed by atoms with Gasteiger partial charge in [0.25, 0.3) is 0 Å². The van der Waals surface area contributed by atoms with E-state index in [1.807, 2.05) is 18.2 Å². The fourth-order valence-electron chi connectivity index (χ4n) is 3.51. The van der Waals surface area contributed by atoms with Crippen LogP contribution >= 0.6 is 23.2 Å². The lowest BCUT2D eigenvalue weighted by Gasteiger charge is -2.06. The first kappa shape index (κ1) is 22.8. The largest absolute Gasteiger partial charge is 0.453 e. The van der Waals surface area contributed by atoms with E-state index >= 15 is 0 Å². The van der Waals surface area contributed by atoms with E-state index in [0.29, 0.717) is 27.5 Å². The maximum Gasteiger partial charge on any atom is 0.343 e. The van der Waals surface area contributed by atoms with Crippen molar-refractivity contribution in [3.05, 3.63) is 73.8 Å². The summed E-state index contributed by atoms with van der Waals surface area (Å²) < 4.78 is 6.65. The smallest absolute Gasteiger partial charge is 0.343 e. The lowest BCUT2D eigenvalue weighted by atomic mass is 10.1. The number of benzene rings is 1. The molecular weight excluding hydrogens is 441 g/mol. The molecule has 0 saturated heterocycles. The van der Waals surface area contributed by atoms with Gasteiger partial charge in [-0.2, -0.15) is 5.10 Å². The number of Topliss-reactive ketones (excluding diaryl/α,β-unsaturated/α-hetero) is 2. The van der Waals surface area contributed by atoms with Gasteiger partial charge in [-0.05, 0) is 44.9 Å². The first-order valence-electron chi connectivity index (χ1n) is 9.48. The number of rotatable bonds is 7. The Morgan fingerprint density at radius 2 is 1.77 bits per heavy atom. The second-order valence-corrected chi connectivity index (χ2v) is 7.95. The van der Waals surface area contributed by atoms with Gasteiger partial charge < -0.3 is 9.72 Å². The third kappa shape index (κ3) is 4.57. The zero-order chi connectivity index (χ0) is 22.9. The number of ether oxygens (including phenoxy) is 1. The standard InChI is InChI=1S/C22H21Cl2N3O4/c1-11-18(14(4)28)12(2)25-20(11)17(29)10-31-22(30)19-13(3)26-27(21(19)24)9-15-7-5-6-8-16(15)23/h5-8,25H,9-10H2,1-4H3. The molecule has 31 heavy (non-hydrogen) atoms. The number of nitrogens with zero attached hydrogens (tertiary/aromatic N) is 2. The molecule has 0 saturated carbocycles. The van der Waals surface area contributed by atoms with Crippen molar-refractivity contribution < 1.29 is 19.1 Å². The summed E-state index contributed by atoms with van der Waals surface area (Å²) in [6.07, 6.45) is 0. The molecule has 0 radical (unpaired) electrons. The van der Waals surface area contributed by atoms with Gasteiger partial charge in [0.2, 0.25) is 5.78 Å². The van der Waals surface area contributed by atoms with Crippen LogP contribution in [0.25, 0.3) is 0 Å². The first-order valence-corrected chi connectivity index (χ1v) is 10.2. The van der Waals surface area contributed by atoms with E-state index in [1.54, 1.807) is 26.8 Å². The Labute approximate surface area is 189 Å². The molecule has 0 aliphatic carbocycles. The molecule has 0 spiro atoms. The van der Waals surface area contributed by atoms with Gasteiger partial charge in [-0.25, -0.2) is 9.48 Å². The van der Waals surface area contributed by atoms with E-state index in [4.69, 9.17) is 27.9 Å². The highest BCUT2D eigenvalue weighted by molar-refractivity contribution is 6.33. The molecule has 0 bridgehead atoms. The molecule has 0 unspecified atom stereocenters. The van der Waals surface area contributed by atoms with Crippen molar-refractivity contribution in [1.82, 2.24) is 14.8 Å². The minimum atomic E-state index is -0.756. The average Bonchev–Trinajstić information content (AvgIpc) is 3.16. The van der Waals surface area contributed by atoms with Gasteiger partial charge in [0, 0.05) is 16.3 Å². The number of esters is 1. The molecule has 9 heteroatoms. The van der Waals surface area contributed by atoms with E-state index in [2.05, 4.69) is 10.1 Å². The highest BCUT2D eigenvalue weighted by Gasteiger charge is 2.25. The number of aromatic amines is 1. The number of nitrogens with one attached hydrogen (secondary N) is 1. The quantitative estimate of drug-likeness (QED) is 0.405. The molecule has 0 aliphatic rings. The molecule has 3 rings (SSSR count). The van der Waals surface area contributed by atoms with Crippen LogP contribution in [-0.2, 0) is 11.3 Å². The van der Waals surface area contributed by atoms with Crippen LogP contribution in [0.15, 0.2) is 24.3 Å². The minimum Gasteiger partial charge on any atom is -0.453 e. The Bertz CT molecular complexity index is 1190. The van der Waals surface area contributed by atoms with E-state index in [1.165, 1.54) is 11.6 Å². The topological polar surface area (TPSA) is 94.0 Å². The lowest BCUT2D eigenvalue weighted by Crippen LogP contribution is -2.16. The number of halogens is 2. The van der Waals surface area contributed by atoms with Crippen molar-refractivity contribution in [2.45, 2.75) is 34.2 Å². The predicted octanol–water partition coefficient (Wildman–Crippen LogP) is 4.73. The number of hydrogen-bond donors (Lipinski definition) is 1. The van der Waals surface area contributed by atoms with E-state index < -0.39 is 18.4 Å². The van der Waals surface area contributed by atoms with Gasteiger partial charge in [0.1, 0.15) is 10.7 Å². The van der Waals surface area contributed by atoms with Crippen LogP contribution in [-0.4, -0.2) is 38.9 Å². The minimum absolute atomic E-state index is 0.0883. The highest BCUT2D eigenvalue weighted by Crippen LogP contribution is 2.24. The molecule has 0 amide bonds. The summed E-state index contributed by atoms with van der Waals surface area (Å²) >= 11 is 12.6. The van der Waals surface area contributed by atoms with E-state index in [-0.39, 0.29) is 28.7 Å². The SMILES string of the molecule is CC(=O)c1c(C)[nH]c(C(=O)COC(=O)c2c(C)nn(Cc3ccccc3Cl)c2Cl)c1C. The van der Waals surface area contributed by atoms with Crippen molar-refractivity contribution in [3.63, 3.8) is 0 Å². The van der Waals surface area contributed by atoms with Crippen LogP contribution < -0.4 is 0 Å². The molecule has 0 aliphatic heterocycles. The average molecular weight is 462 g/mol. The maximum absolute atomic E-state index is 12.6. The monoisotopic (exact) mass is 461 g/mol. The highest BCUT2D eigenvalue weighted by atomic mass is 35.5. The van der Waals surface area contributed by atoms with Gasteiger partial charge in [-0.3, -0.25) is 9.59 Å². The second-order valence-electron chi connectivity index (χ2n) is 7.18. The molecule has 2 heterocycles. The van der Waals surface area contributed by atoms with Crippen molar-refractivity contribution in [3.8, 4) is 0 Å². The molecule has 7 nitrogen and oxygen atoms in total. The van der Waals surface area contributed by atoms with Crippen molar-refractivity contribution in [2.24, 2.45) is 0 Å². The predicted molar refractivity (Wildman–Crippen MR) is 117 cm³/mol. The molecule has 3 aromatic rings. The number of H-pyrrole nitrogens is 1. The molecule has 0 atom stereocenters. The van der Waals surface area contributed by atoms with Crippen LogP contribution in [0.2, 0.25) is 10.2 Å². The molecule has 1 N–H and O–H groups in total. The Balaban J connectivity index is 1.75. The third-order valence-corrected chi connectivity index (χ3v) is 5.70. The molecule has 2 aromatic heterocycles. The Hall–Kier alpha value is -2.90. The summed E-state index contributed by atoms with van der Waals surface area (Å²) in [6.45, 7) is 6.23. The van der Waals surface area contributed by atoms with Gasteiger partial charge in [-0.1, -0.05) is 41.4 Å². The van der Waals surface area contributed by atoms with Crippen molar-refractivity contribution in [2.75, 3.05) is 6.61 Å². The van der Waals surface area contributed by atoms with Crippen molar-refractivity contribution >= 4 is 40.7 Å². The van der Waals surface area contributed by atoms with Gasteiger partial charge in [0.15, 0.2) is 12.4 Å². The van der Waals surface area contributed by atoms with Crippen molar-refractivity contribution in [1.29, 1.82) is 0 Å². The number of aryl methyl sites for hydroxylation is 2. The number of aromatic nitrogens is 3. The summed E-state index contributed by atoms with van der Waals surface area (Å²) in [4.78, 5) is 39.8. The van der Waals surface area contributed by atoms with Gasteiger partial charge >= 0.3 is 5.97 Å². The zero-order valence-corrected chi connectivity index (χ0v) is 19.0. The summed E-state index contributed by atoms with van der Waals surface area (Å²) in [5, 5.41) is 4.95. The number of hydrogen-bond acceptors (Lipinski definition) is 5. The fourth-order valence-corrected chi connectivity index (χ4v) is 4.02. The number of carbonyl (C=O) groups is 3. The van der Waals surface area contributed by atoms with Gasteiger partial charge in [0.05, 0.1) is 17.9 Å². The Kier molecular flexibility index (Phi) is 6.67. The summed E-state index contributed by atoms with van der Waals surface area (Å²) in [5.74, 6) is -1.34. The van der Waals surface area contributed by atoms with Crippen LogP contribution in [0.1, 0.15) is 60.6 Å². The summed E-state index contributed by atoms with van der Waals surface area (Å²) in [7, 11) is 0. The summed E-state index contributed by atoms with van der Waals surface area (Å²) in [6, 6.07) is 7.24.